The first kappa shape index (κ1) is 14.8. The molecule has 3 nitrogen and oxygen atoms in total. The molecule has 0 bridgehead atoms. The third-order valence-electron chi connectivity index (χ3n) is 3.96. The average Bonchev–Trinajstić information content (AvgIpc) is 3.02. The Kier molecular flexibility index (Phi) is 3.75. The SMILES string of the molecule is Cc1nc(Nc2ccccc2C)c2cc(-c3ccccc3)sc2n1. The molecule has 4 aromatic rings. The summed E-state index contributed by atoms with van der Waals surface area (Å²) in [7, 11) is 0. The zero-order chi connectivity index (χ0) is 16.5. The highest BCUT2D eigenvalue weighted by molar-refractivity contribution is 7.21. The van der Waals surface area contributed by atoms with Gasteiger partial charge in [0.2, 0.25) is 0 Å². The number of aryl methyl sites for hydroxylation is 2. The van der Waals surface area contributed by atoms with E-state index in [4.69, 9.17) is 0 Å². The van der Waals surface area contributed by atoms with Crippen LogP contribution in [0.1, 0.15) is 11.4 Å². The molecule has 0 unspecified atom stereocenters. The molecule has 0 radical (unpaired) electrons. The van der Waals surface area contributed by atoms with Gasteiger partial charge in [-0.05, 0) is 37.1 Å². The number of nitrogens with one attached hydrogen (secondary N) is 1. The number of rotatable bonds is 3. The number of para-hydroxylation sites is 1. The van der Waals surface area contributed by atoms with Gasteiger partial charge < -0.3 is 5.32 Å². The van der Waals surface area contributed by atoms with Crippen LogP contribution >= 0.6 is 11.3 Å². The van der Waals surface area contributed by atoms with E-state index in [0.29, 0.717) is 0 Å². The molecule has 0 saturated heterocycles. The number of nitrogens with zero attached hydrogens (tertiary/aromatic N) is 2. The summed E-state index contributed by atoms with van der Waals surface area (Å²) in [5.41, 5.74) is 3.48. The molecule has 0 aliphatic heterocycles. The Hall–Kier alpha value is -2.72. The molecule has 1 N–H and O–H groups in total. The molecule has 0 aliphatic rings. The molecule has 24 heavy (non-hydrogen) atoms. The van der Waals surface area contributed by atoms with E-state index in [1.807, 2.05) is 25.1 Å². The van der Waals surface area contributed by atoms with Crippen LogP contribution in [0.4, 0.5) is 11.5 Å². The molecule has 2 heterocycles. The maximum absolute atomic E-state index is 4.63. The van der Waals surface area contributed by atoms with E-state index in [2.05, 4.69) is 64.7 Å². The zero-order valence-electron chi connectivity index (χ0n) is 13.6. The van der Waals surface area contributed by atoms with Crippen molar-refractivity contribution in [1.29, 1.82) is 0 Å². The zero-order valence-corrected chi connectivity index (χ0v) is 14.4. The topological polar surface area (TPSA) is 37.8 Å². The minimum Gasteiger partial charge on any atom is -0.339 e. The summed E-state index contributed by atoms with van der Waals surface area (Å²) in [4.78, 5) is 11.5. The van der Waals surface area contributed by atoms with Crippen molar-refractivity contribution in [1.82, 2.24) is 9.97 Å². The Morgan fingerprint density at radius 2 is 1.62 bits per heavy atom. The van der Waals surface area contributed by atoms with Crippen LogP contribution in [0.15, 0.2) is 60.7 Å². The predicted molar refractivity (Wildman–Crippen MR) is 102 cm³/mol. The van der Waals surface area contributed by atoms with Gasteiger partial charge in [-0.25, -0.2) is 9.97 Å². The second kappa shape index (κ2) is 6.06. The second-order valence-corrected chi connectivity index (χ2v) is 6.79. The van der Waals surface area contributed by atoms with Crippen molar-refractivity contribution in [2.24, 2.45) is 0 Å². The third-order valence-corrected chi connectivity index (χ3v) is 5.04. The number of hydrogen-bond acceptors (Lipinski definition) is 4. The van der Waals surface area contributed by atoms with Crippen LogP contribution in [0.3, 0.4) is 0 Å². The summed E-state index contributed by atoms with van der Waals surface area (Å²) < 4.78 is 0. The molecular weight excluding hydrogens is 314 g/mol. The van der Waals surface area contributed by atoms with Crippen LogP contribution in [0.2, 0.25) is 0 Å². The van der Waals surface area contributed by atoms with Gasteiger partial charge in [-0.1, -0.05) is 48.5 Å². The van der Waals surface area contributed by atoms with Gasteiger partial charge in [-0.3, -0.25) is 0 Å². The number of benzene rings is 2. The molecule has 118 valence electrons. The smallest absolute Gasteiger partial charge is 0.142 e. The van der Waals surface area contributed by atoms with Crippen LogP contribution in [0.25, 0.3) is 20.7 Å². The molecule has 0 aliphatic carbocycles. The summed E-state index contributed by atoms with van der Waals surface area (Å²) in [6.45, 7) is 4.03. The van der Waals surface area contributed by atoms with E-state index in [1.54, 1.807) is 11.3 Å². The fraction of sp³-hybridized carbons (Fsp3) is 0.100. The molecule has 0 spiro atoms. The van der Waals surface area contributed by atoms with Crippen molar-refractivity contribution in [2.75, 3.05) is 5.32 Å². The lowest BCUT2D eigenvalue weighted by atomic mass is 10.1. The van der Waals surface area contributed by atoms with Gasteiger partial charge in [0.25, 0.3) is 0 Å². The van der Waals surface area contributed by atoms with E-state index in [9.17, 15) is 0 Å². The van der Waals surface area contributed by atoms with Crippen LogP contribution < -0.4 is 5.32 Å². The Balaban J connectivity index is 1.83. The monoisotopic (exact) mass is 331 g/mol. The average molecular weight is 331 g/mol. The number of aromatic nitrogens is 2. The van der Waals surface area contributed by atoms with Crippen LogP contribution in [-0.2, 0) is 0 Å². The van der Waals surface area contributed by atoms with Gasteiger partial charge in [-0.2, -0.15) is 0 Å². The van der Waals surface area contributed by atoms with Gasteiger partial charge in [0.15, 0.2) is 0 Å². The molecule has 0 atom stereocenters. The number of anilines is 2. The first-order valence-electron chi connectivity index (χ1n) is 7.87. The number of hydrogen-bond donors (Lipinski definition) is 1. The minimum absolute atomic E-state index is 0.778. The lowest BCUT2D eigenvalue weighted by Crippen LogP contribution is -1.98. The summed E-state index contributed by atoms with van der Waals surface area (Å²) in [6, 6.07) is 20.8. The molecule has 0 saturated carbocycles. The summed E-state index contributed by atoms with van der Waals surface area (Å²) in [5.74, 6) is 1.64. The molecule has 0 fully saturated rings. The Morgan fingerprint density at radius 3 is 2.42 bits per heavy atom. The predicted octanol–water partition coefficient (Wildman–Crippen LogP) is 5.72. The Bertz CT molecular complexity index is 1010. The van der Waals surface area contributed by atoms with E-state index < -0.39 is 0 Å². The fourth-order valence-electron chi connectivity index (χ4n) is 2.71. The van der Waals surface area contributed by atoms with E-state index in [0.717, 1.165) is 27.5 Å². The van der Waals surface area contributed by atoms with Crippen molar-refractivity contribution >= 4 is 33.1 Å². The first-order chi connectivity index (χ1) is 11.7. The second-order valence-electron chi connectivity index (χ2n) is 5.75. The van der Waals surface area contributed by atoms with Crippen LogP contribution in [-0.4, -0.2) is 9.97 Å². The molecule has 2 aromatic carbocycles. The number of thiophene rings is 1. The standard InChI is InChI=1S/C20H17N3S/c1-13-8-6-7-11-17(13)23-19-16-12-18(15-9-4-3-5-10-15)24-20(16)22-14(2)21-19/h3-12H,1-2H3,(H,21,22,23). The van der Waals surface area contributed by atoms with Crippen molar-refractivity contribution in [3.8, 4) is 10.4 Å². The van der Waals surface area contributed by atoms with Gasteiger partial charge in [-0.15, -0.1) is 11.3 Å². The Labute approximate surface area is 145 Å². The van der Waals surface area contributed by atoms with Crippen molar-refractivity contribution in [3.63, 3.8) is 0 Å². The molecule has 2 aromatic heterocycles. The normalized spacial score (nSPS) is 10.9. The van der Waals surface area contributed by atoms with Crippen molar-refractivity contribution in [3.05, 3.63) is 72.1 Å². The van der Waals surface area contributed by atoms with Gasteiger partial charge in [0, 0.05) is 10.6 Å². The molecule has 4 heteroatoms. The van der Waals surface area contributed by atoms with Crippen LogP contribution in [0, 0.1) is 13.8 Å². The quantitative estimate of drug-likeness (QED) is 0.522. The molecular formula is C20H17N3S. The van der Waals surface area contributed by atoms with Crippen LogP contribution in [0.5, 0.6) is 0 Å². The maximum Gasteiger partial charge on any atom is 0.142 e. The first-order valence-corrected chi connectivity index (χ1v) is 8.68. The largest absolute Gasteiger partial charge is 0.339 e. The minimum atomic E-state index is 0.778. The third kappa shape index (κ3) is 2.76. The molecule has 4 rings (SSSR count). The Morgan fingerprint density at radius 1 is 0.875 bits per heavy atom. The van der Waals surface area contributed by atoms with Gasteiger partial charge in [0.05, 0.1) is 5.39 Å². The van der Waals surface area contributed by atoms with Crippen molar-refractivity contribution < 1.29 is 0 Å². The summed E-state index contributed by atoms with van der Waals surface area (Å²) in [5, 5.41) is 4.54. The fourth-order valence-corrected chi connectivity index (χ4v) is 3.79. The summed E-state index contributed by atoms with van der Waals surface area (Å²) in [6.07, 6.45) is 0. The van der Waals surface area contributed by atoms with Gasteiger partial charge in [0.1, 0.15) is 16.5 Å². The highest BCUT2D eigenvalue weighted by Crippen LogP contribution is 2.36. The van der Waals surface area contributed by atoms with E-state index in [1.165, 1.54) is 16.0 Å². The highest BCUT2D eigenvalue weighted by atomic mass is 32.1. The summed E-state index contributed by atoms with van der Waals surface area (Å²) >= 11 is 1.70. The lowest BCUT2D eigenvalue weighted by molar-refractivity contribution is 1.10. The van der Waals surface area contributed by atoms with Gasteiger partial charge >= 0.3 is 0 Å². The lowest BCUT2D eigenvalue weighted by Gasteiger charge is -2.09. The number of fused-ring (bicyclic) bond motifs is 1. The van der Waals surface area contributed by atoms with E-state index >= 15 is 0 Å². The maximum atomic E-state index is 4.63. The van der Waals surface area contributed by atoms with E-state index in [-0.39, 0.29) is 0 Å². The van der Waals surface area contributed by atoms with Crippen molar-refractivity contribution in [2.45, 2.75) is 13.8 Å². The highest BCUT2D eigenvalue weighted by Gasteiger charge is 2.12. The molecule has 0 amide bonds.